The van der Waals surface area contributed by atoms with Gasteiger partial charge in [0.15, 0.2) is 11.6 Å². The van der Waals surface area contributed by atoms with Gasteiger partial charge in [-0.3, -0.25) is 4.79 Å². The summed E-state index contributed by atoms with van der Waals surface area (Å²) in [7, 11) is 0. The molecule has 6 heteroatoms. The van der Waals surface area contributed by atoms with Gasteiger partial charge in [-0.15, -0.1) is 12.4 Å². The molecule has 102 valence electrons. The standard InChI is InChI=1S/C12H19N3O2.ClH/c13-8-4-2-1-3-7-11(17)15-12-10(16)6-5-9-14-12;/h5-6,9,16H,1-4,7-8,13H2,(H,14,15,17);1H. The van der Waals surface area contributed by atoms with Crippen LogP contribution in [0, 0.1) is 0 Å². The first kappa shape index (κ1) is 16.7. The van der Waals surface area contributed by atoms with Gasteiger partial charge in [-0.2, -0.15) is 0 Å². The molecule has 0 bridgehead atoms. The quantitative estimate of drug-likeness (QED) is 0.664. The summed E-state index contributed by atoms with van der Waals surface area (Å²) < 4.78 is 0. The van der Waals surface area contributed by atoms with Crippen LogP contribution in [0.4, 0.5) is 5.82 Å². The number of aromatic hydroxyl groups is 1. The second-order valence-corrected chi connectivity index (χ2v) is 3.87. The molecule has 1 aromatic rings. The van der Waals surface area contributed by atoms with Crippen molar-refractivity contribution in [1.29, 1.82) is 0 Å². The van der Waals surface area contributed by atoms with Crippen LogP contribution in [0.1, 0.15) is 32.1 Å². The van der Waals surface area contributed by atoms with Gasteiger partial charge in [0, 0.05) is 12.6 Å². The molecule has 1 aromatic heterocycles. The van der Waals surface area contributed by atoms with E-state index in [1.807, 2.05) is 0 Å². The van der Waals surface area contributed by atoms with E-state index in [1.54, 1.807) is 6.07 Å². The summed E-state index contributed by atoms with van der Waals surface area (Å²) in [6, 6.07) is 3.10. The van der Waals surface area contributed by atoms with Gasteiger partial charge in [0.25, 0.3) is 0 Å². The predicted octanol–water partition coefficient (Wildman–Crippen LogP) is 2.06. The number of nitrogens with one attached hydrogen (secondary N) is 1. The van der Waals surface area contributed by atoms with Crippen LogP contribution >= 0.6 is 12.4 Å². The van der Waals surface area contributed by atoms with E-state index in [0.717, 1.165) is 25.7 Å². The number of carbonyl (C=O) groups excluding carboxylic acids is 1. The van der Waals surface area contributed by atoms with Crippen molar-refractivity contribution in [3.05, 3.63) is 18.3 Å². The highest BCUT2D eigenvalue weighted by atomic mass is 35.5. The number of hydrogen-bond acceptors (Lipinski definition) is 4. The summed E-state index contributed by atoms with van der Waals surface area (Å²) in [6.07, 6.45) is 5.86. The fourth-order valence-electron chi connectivity index (χ4n) is 1.47. The van der Waals surface area contributed by atoms with Crippen LogP contribution in [-0.2, 0) is 4.79 Å². The topological polar surface area (TPSA) is 88.2 Å². The molecule has 0 fully saturated rings. The predicted molar refractivity (Wildman–Crippen MR) is 73.9 cm³/mol. The van der Waals surface area contributed by atoms with Gasteiger partial charge in [0.1, 0.15) is 0 Å². The maximum Gasteiger partial charge on any atom is 0.225 e. The zero-order valence-corrected chi connectivity index (χ0v) is 11.1. The van der Waals surface area contributed by atoms with E-state index in [9.17, 15) is 9.90 Å². The Bertz CT molecular complexity index is 361. The van der Waals surface area contributed by atoms with Crippen molar-refractivity contribution in [1.82, 2.24) is 4.98 Å². The van der Waals surface area contributed by atoms with Crippen molar-refractivity contribution in [3.8, 4) is 5.75 Å². The van der Waals surface area contributed by atoms with Gasteiger partial charge in [0.05, 0.1) is 0 Å². The fraction of sp³-hybridized carbons (Fsp3) is 0.500. The van der Waals surface area contributed by atoms with Gasteiger partial charge in [-0.25, -0.2) is 4.98 Å². The molecule has 0 saturated carbocycles. The lowest BCUT2D eigenvalue weighted by Crippen LogP contribution is -2.12. The van der Waals surface area contributed by atoms with Crippen LogP contribution in [0.5, 0.6) is 5.75 Å². The molecule has 4 N–H and O–H groups in total. The summed E-state index contributed by atoms with van der Waals surface area (Å²) in [5.74, 6) is 0.0928. The summed E-state index contributed by atoms with van der Waals surface area (Å²) in [5.41, 5.74) is 5.37. The maximum atomic E-state index is 11.5. The molecule has 0 saturated heterocycles. The first-order valence-corrected chi connectivity index (χ1v) is 5.88. The van der Waals surface area contributed by atoms with Gasteiger partial charge in [-0.05, 0) is 31.5 Å². The Hall–Kier alpha value is -1.33. The number of carbonyl (C=O) groups is 1. The van der Waals surface area contributed by atoms with Gasteiger partial charge >= 0.3 is 0 Å². The maximum absolute atomic E-state index is 11.5. The third kappa shape index (κ3) is 6.42. The Balaban J connectivity index is 0.00000289. The number of halogens is 1. The second-order valence-electron chi connectivity index (χ2n) is 3.87. The number of anilines is 1. The molecule has 0 spiro atoms. The van der Waals surface area contributed by atoms with E-state index in [2.05, 4.69) is 10.3 Å². The number of nitrogens with zero attached hydrogens (tertiary/aromatic N) is 1. The van der Waals surface area contributed by atoms with E-state index in [-0.39, 0.29) is 29.9 Å². The average molecular weight is 274 g/mol. The summed E-state index contributed by atoms with van der Waals surface area (Å²) in [5, 5.41) is 12.0. The molecule has 1 amide bonds. The third-order valence-corrected chi connectivity index (χ3v) is 2.40. The zero-order valence-electron chi connectivity index (χ0n) is 10.3. The first-order chi connectivity index (χ1) is 8.24. The first-order valence-electron chi connectivity index (χ1n) is 5.88. The highest BCUT2D eigenvalue weighted by Gasteiger charge is 2.06. The van der Waals surface area contributed by atoms with Crippen molar-refractivity contribution >= 4 is 24.1 Å². The van der Waals surface area contributed by atoms with Crippen LogP contribution in [0.2, 0.25) is 0 Å². The number of rotatable bonds is 7. The minimum absolute atomic E-state index is 0. The van der Waals surface area contributed by atoms with E-state index in [4.69, 9.17) is 5.73 Å². The van der Waals surface area contributed by atoms with Crippen molar-refractivity contribution < 1.29 is 9.90 Å². The smallest absolute Gasteiger partial charge is 0.225 e. The average Bonchev–Trinajstić information content (AvgIpc) is 2.32. The van der Waals surface area contributed by atoms with Crippen LogP contribution in [0.15, 0.2) is 18.3 Å². The zero-order chi connectivity index (χ0) is 12.5. The Morgan fingerprint density at radius 3 is 2.72 bits per heavy atom. The molecule has 1 rings (SSSR count). The molecule has 0 aromatic carbocycles. The lowest BCUT2D eigenvalue weighted by Gasteiger charge is -2.05. The molecule has 0 aliphatic carbocycles. The summed E-state index contributed by atoms with van der Waals surface area (Å²) >= 11 is 0. The molecule has 1 heterocycles. The minimum atomic E-state index is -0.119. The molecule has 0 aliphatic rings. The number of hydrogen-bond donors (Lipinski definition) is 3. The van der Waals surface area contributed by atoms with E-state index in [1.165, 1.54) is 12.3 Å². The van der Waals surface area contributed by atoms with E-state index < -0.39 is 0 Å². The Morgan fingerprint density at radius 2 is 2.06 bits per heavy atom. The molecular weight excluding hydrogens is 254 g/mol. The highest BCUT2D eigenvalue weighted by Crippen LogP contribution is 2.18. The second kappa shape index (κ2) is 9.67. The van der Waals surface area contributed by atoms with Gasteiger partial charge in [0.2, 0.25) is 5.91 Å². The van der Waals surface area contributed by atoms with E-state index >= 15 is 0 Å². The molecule has 0 unspecified atom stereocenters. The molecular formula is C12H20ClN3O2. The van der Waals surface area contributed by atoms with Crippen LogP contribution in [0.25, 0.3) is 0 Å². The number of amides is 1. The SMILES string of the molecule is Cl.NCCCCCCC(=O)Nc1ncccc1O. The van der Waals surface area contributed by atoms with Crippen LogP contribution in [0.3, 0.4) is 0 Å². The number of unbranched alkanes of at least 4 members (excludes halogenated alkanes) is 3. The van der Waals surface area contributed by atoms with Crippen molar-refractivity contribution in [3.63, 3.8) is 0 Å². The summed E-state index contributed by atoms with van der Waals surface area (Å²) in [6.45, 7) is 0.702. The normalized spacial score (nSPS) is 9.61. The molecule has 5 nitrogen and oxygen atoms in total. The Labute approximate surface area is 113 Å². The Kier molecular flexibility index (Phi) is 8.96. The van der Waals surface area contributed by atoms with Crippen molar-refractivity contribution in [2.75, 3.05) is 11.9 Å². The molecule has 0 aliphatic heterocycles. The number of nitrogens with two attached hydrogens (primary N) is 1. The lowest BCUT2D eigenvalue weighted by molar-refractivity contribution is -0.116. The van der Waals surface area contributed by atoms with E-state index in [0.29, 0.717) is 13.0 Å². The minimum Gasteiger partial charge on any atom is -0.504 e. The molecule has 0 radical (unpaired) electrons. The summed E-state index contributed by atoms with van der Waals surface area (Å²) in [4.78, 5) is 15.4. The molecule has 18 heavy (non-hydrogen) atoms. The largest absolute Gasteiger partial charge is 0.504 e. The van der Waals surface area contributed by atoms with Gasteiger partial charge < -0.3 is 16.2 Å². The van der Waals surface area contributed by atoms with Gasteiger partial charge in [-0.1, -0.05) is 12.8 Å². The van der Waals surface area contributed by atoms with Crippen molar-refractivity contribution in [2.45, 2.75) is 32.1 Å². The number of aromatic nitrogens is 1. The monoisotopic (exact) mass is 273 g/mol. The van der Waals surface area contributed by atoms with Crippen LogP contribution in [-0.4, -0.2) is 22.5 Å². The highest BCUT2D eigenvalue weighted by molar-refractivity contribution is 5.90. The third-order valence-electron chi connectivity index (χ3n) is 2.40. The molecule has 0 atom stereocenters. The van der Waals surface area contributed by atoms with Crippen LogP contribution < -0.4 is 11.1 Å². The fourth-order valence-corrected chi connectivity index (χ4v) is 1.47. The lowest BCUT2D eigenvalue weighted by atomic mass is 10.1. The number of pyridine rings is 1. The van der Waals surface area contributed by atoms with Crippen molar-refractivity contribution in [2.24, 2.45) is 5.73 Å². The Morgan fingerprint density at radius 1 is 1.33 bits per heavy atom.